The van der Waals surface area contributed by atoms with Crippen molar-refractivity contribution in [2.24, 2.45) is 0 Å². The maximum Gasteiger partial charge on any atom is 0.312 e. The molecular weight excluding hydrogens is 358 g/mol. The lowest BCUT2D eigenvalue weighted by atomic mass is 10.0. The number of rotatable bonds is 4. The van der Waals surface area contributed by atoms with Gasteiger partial charge in [0.05, 0.1) is 0 Å². The first kappa shape index (κ1) is 20.2. The van der Waals surface area contributed by atoms with Gasteiger partial charge in [0.2, 0.25) is 0 Å². The van der Waals surface area contributed by atoms with E-state index in [1.165, 1.54) is 5.56 Å². The van der Waals surface area contributed by atoms with Gasteiger partial charge in [0, 0.05) is 39.3 Å². The Kier molecular flexibility index (Phi) is 6.54. The molecule has 3 rings (SSSR count). The Morgan fingerprint density at radius 2 is 1.46 bits per heavy atom. The summed E-state index contributed by atoms with van der Waals surface area (Å²) in [5.41, 5.74) is 1.17. The SMILES string of the molecule is CC(C)c1cccc(OCC(=O)N2CCN(C(=O)C(=O)N3CCCC3)CC2)c1. The van der Waals surface area contributed by atoms with Crippen LogP contribution >= 0.6 is 0 Å². The molecule has 2 saturated heterocycles. The summed E-state index contributed by atoms with van der Waals surface area (Å²) in [6.45, 7) is 7.14. The molecule has 7 heteroatoms. The normalized spacial score (nSPS) is 17.2. The number of likely N-dealkylation sites (tertiary alicyclic amines) is 1. The van der Waals surface area contributed by atoms with Crippen molar-refractivity contribution in [1.29, 1.82) is 0 Å². The second kappa shape index (κ2) is 9.08. The molecule has 7 nitrogen and oxygen atoms in total. The lowest BCUT2D eigenvalue weighted by Crippen LogP contribution is -2.54. The Hall–Kier alpha value is -2.57. The average Bonchev–Trinajstić information content (AvgIpc) is 3.26. The standard InChI is InChI=1S/C21H29N3O4/c1-16(2)17-6-5-7-18(14-17)28-15-19(25)22-10-12-24(13-11-22)21(27)20(26)23-8-3-4-9-23/h5-7,14,16H,3-4,8-13,15H2,1-2H3. The zero-order valence-electron chi connectivity index (χ0n) is 16.7. The van der Waals surface area contributed by atoms with Gasteiger partial charge in [-0.1, -0.05) is 26.0 Å². The van der Waals surface area contributed by atoms with Gasteiger partial charge >= 0.3 is 11.8 Å². The fraction of sp³-hybridized carbons (Fsp3) is 0.571. The Balaban J connectivity index is 1.45. The molecule has 0 aliphatic carbocycles. The van der Waals surface area contributed by atoms with Crippen LogP contribution in [0.25, 0.3) is 0 Å². The molecule has 0 saturated carbocycles. The summed E-state index contributed by atoms with van der Waals surface area (Å²) in [5.74, 6) is 0.118. The van der Waals surface area contributed by atoms with Gasteiger partial charge in [-0.3, -0.25) is 14.4 Å². The van der Waals surface area contributed by atoms with Crippen molar-refractivity contribution in [3.05, 3.63) is 29.8 Å². The zero-order chi connectivity index (χ0) is 20.1. The van der Waals surface area contributed by atoms with Gasteiger partial charge < -0.3 is 19.4 Å². The van der Waals surface area contributed by atoms with Gasteiger partial charge in [-0.25, -0.2) is 0 Å². The van der Waals surface area contributed by atoms with Crippen LogP contribution in [0.5, 0.6) is 5.75 Å². The summed E-state index contributed by atoms with van der Waals surface area (Å²) in [5, 5.41) is 0. The third-order valence-electron chi connectivity index (χ3n) is 5.38. The van der Waals surface area contributed by atoms with Crippen LogP contribution in [0.2, 0.25) is 0 Å². The van der Waals surface area contributed by atoms with Crippen molar-refractivity contribution in [3.8, 4) is 5.75 Å². The smallest absolute Gasteiger partial charge is 0.312 e. The van der Waals surface area contributed by atoms with E-state index in [0.717, 1.165) is 12.8 Å². The molecule has 0 N–H and O–H groups in total. The van der Waals surface area contributed by atoms with Gasteiger partial charge in [-0.15, -0.1) is 0 Å². The van der Waals surface area contributed by atoms with Gasteiger partial charge in [0.15, 0.2) is 6.61 Å². The van der Waals surface area contributed by atoms with Crippen molar-refractivity contribution >= 4 is 17.7 Å². The highest BCUT2D eigenvalue weighted by atomic mass is 16.5. The van der Waals surface area contributed by atoms with Gasteiger partial charge in [-0.2, -0.15) is 0 Å². The number of piperazine rings is 1. The van der Waals surface area contributed by atoms with Crippen LogP contribution in [-0.4, -0.2) is 78.3 Å². The topological polar surface area (TPSA) is 70.2 Å². The lowest BCUT2D eigenvalue weighted by Gasteiger charge is -2.34. The molecule has 2 aliphatic rings. The first-order chi connectivity index (χ1) is 13.5. The molecule has 0 unspecified atom stereocenters. The van der Waals surface area contributed by atoms with E-state index in [1.54, 1.807) is 14.7 Å². The summed E-state index contributed by atoms with van der Waals surface area (Å²) in [6, 6.07) is 7.77. The number of hydrogen-bond donors (Lipinski definition) is 0. The summed E-state index contributed by atoms with van der Waals surface area (Å²) >= 11 is 0. The van der Waals surface area contributed by atoms with Crippen molar-refractivity contribution in [2.75, 3.05) is 45.9 Å². The molecule has 0 bridgehead atoms. The van der Waals surface area contributed by atoms with E-state index in [-0.39, 0.29) is 12.5 Å². The highest BCUT2D eigenvalue weighted by Gasteiger charge is 2.31. The molecule has 0 spiro atoms. The van der Waals surface area contributed by atoms with Gasteiger partial charge in [0.25, 0.3) is 5.91 Å². The fourth-order valence-electron chi connectivity index (χ4n) is 3.55. The Bertz CT molecular complexity index is 720. The van der Waals surface area contributed by atoms with Crippen molar-refractivity contribution in [3.63, 3.8) is 0 Å². The number of carbonyl (C=O) groups excluding carboxylic acids is 3. The lowest BCUT2D eigenvalue weighted by molar-refractivity contribution is -0.153. The summed E-state index contributed by atoms with van der Waals surface area (Å²) in [6.07, 6.45) is 1.92. The van der Waals surface area contributed by atoms with E-state index in [1.807, 2.05) is 24.3 Å². The molecule has 1 aromatic rings. The van der Waals surface area contributed by atoms with Crippen LogP contribution in [0.3, 0.4) is 0 Å². The van der Waals surface area contributed by atoms with Crippen LogP contribution in [0.1, 0.15) is 38.2 Å². The number of nitrogens with zero attached hydrogens (tertiary/aromatic N) is 3. The van der Waals surface area contributed by atoms with Crippen molar-refractivity contribution < 1.29 is 19.1 Å². The highest BCUT2D eigenvalue weighted by molar-refractivity contribution is 6.35. The molecule has 152 valence electrons. The molecule has 2 aliphatic heterocycles. The zero-order valence-corrected chi connectivity index (χ0v) is 16.7. The van der Waals surface area contributed by atoms with E-state index >= 15 is 0 Å². The van der Waals surface area contributed by atoms with Crippen molar-refractivity contribution in [1.82, 2.24) is 14.7 Å². The number of ether oxygens (including phenoxy) is 1. The average molecular weight is 387 g/mol. The van der Waals surface area contributed by atoms with Crippen molar-refractivity contribution in [2.45, 2.75) is 32.6 Å². The number of carbonyl (C=O) groups is 3. The quantitative estimate of drug-likeness (QED) is 0.734. The first-order valence-corrected chi connectivity index (χ1v) is 10.0. The highest BCUT2D eigenvalue weighted by Crippen LogP contribution is 2.20. The maximum absolute atomic E-state index is 12.4. The Labute approximate surface area is 166 Å². The second-order valence-corrected chi connectivity index (χ2v) is 7.69. The minimum atomic E-state index is -0.448. The molecule has 2 fully saturated rings. The van der Waals surface area contributed by atoms with E-state index < -0.39 is 11.8 Å². The molecule has 1 aromatic carbocycles. The minimum absolute atomic E-state index is 0.0256. The van der Waals surface area contributed by atoms with Crippen LogP contribution in [0.4, 0.5) is 0 Å². The molecule has 0 aromatic heterocycles. The number of benzene rings is 1. The third kappa shape index (κ3) is 4.82. The van der Waals surface area contributed by atoms with Crippen LogP contribution in [0.15, 0.2) is 24.3 Å². The summed E-state index contributed by atoms with van der Waals surface area (Å²) in [4.78, 5) is 41.9. The van der Waals surface area contributed by atoms with Crippen LogP contribution < -0.4 is 4.74 Å². The molecule has 2 heterocycles. The minimum Gasteiger partial charge on any atom is -0.484 e. The predicted molar refractivity (Wildman–Crippen MR) is 105 cm³/mol. The Morgan fingerprint density at radius 3 is 2.07 bits per heavy atom. The third-order valence-corrected chi connectivity index (χ3v) is 5.38. The molecule has 3 amide bonds. The fourth-order valence-corrected chi connectivity index (χ4v) is 3.55. The number of amides is 3. The molecule has 28 heavy (non-hydrogen) atoms. The molecule has 0 atom stereocenters. The maximum atomic E-state index is 12.4. The van der Waals surface area contributed by atoms with Gasteiger partial charge in [0.1, 0.15) is 5.75 Å². The van der Waals surface area contributed by atoms with Gasteiger partial charge in [-0.05, 0) is 36.5 Å². The monoisotopic (exact) mass is 387 g/mol. The van der Waals surface area contributed by atoms with E-state index in [4.69, 9.17) is 4.74 Å². The predicted octanol–water partition coefficient (Wildman–Crippen LogP) is 1.48. The second-order valence-electron chi connectivity index (χ2n) is 7.69. The van der Waals surface area contributed by atoms with E-state index in [0.29, 0.717) is 50.9 Å². The molecular formula is C21H29N3O4. The summed E-state index contributed by atoms with van der Waals surface area (Å²) < 4.78 is 5.66. The number of hydrogen-bond acceptors (Lipinski definition) is 4. The first-order valence-electron chi connectivity index (χ1n) is 10.0. The van der Waals surface area contributed by atoms with E-state index in [2.05, 4.69) is 13.8 Å². The largest absolute Gasteiger partial charge is 0.484 e. The summed E-state index contributed by atoms with van der Waals surface area (Å²) in [7, 11) is 0. The molecule has 0 radical (unpaired) electrons. The van der Waals surface area contributed by atoms with E-state index in [9.17, 15) is 14.4 Å². The Morgan fingerprint density at radius 1 is 0.893 bits per heavy atom. The van der Waals surface area contributed by atoms with Crippen LogP contribution in [0, 0.1) is 0 Å². The van der Waals surface area contributed by atoms with Crippen LogP contribution in [-0.2, 0) is 14.4 Å².